The predicted molar refractivity (Wildman–Crippen MR) is 219 cm³/mol. The molecular formula is C46H84O6. The summed E-state index contributed by atoms with van der Waals surface area (Å²) in [5, 5.41) is 0. The summed E-state index contributed by atoms with van der Waals surface area (Å²) in [5.74, 6) is -0.954. The first-order valence-corrected chi connectivity index (χ1v) is 22.0. The standard InChI is InChI=1S/C46H84O6/c1-6-8-10-12-14-16-18-20-22-24-26-28-30-32-34-36-43(47)50-40-42(41-51-44(48)38-39-46(3,4)5)52-45(49)37-35-33-31-29-27-25-23-21-19-17-15-13-11-9-7-2/h20-23,42H,6-19,24-41H2,1-5H3/b22-20-,23-21-/t42-/m1/s1. The fraction of sp³-hybridized carbons (Fsp3) is 0.848. The summed E-state index contributed by atoms with van der Waals surface area (Å²) in [6, 6.07) is 0. The van der Waals surface area contributed by atoms with Crippen molar-refractivity contribution in [3.8, 4) is 0 Å². The average molecular weight is 733 g/mol. The molecule has 0 aromatic carbocycles. The van der Waals surface area contributed by atoms with Crippen LogP contribution in [-0.2, 0) is 28.6 Å². The molecule has 0 rings (SSSR count). The van der Waals surface area contributed by atoms with E-state index in [1.54, 1.807) is 0 Å². The van der Waals surface area contributed by atoms with Gasteiger partial charge in [0, 0.05) is 19.3 Å². The Balaban J connectivity index is 4.23. The van der Waals surface area contributed by atoms with Crippen molar-refractivity contribution in [2.45, 2.75) is 233 Å². The van der Waals surface area contributed by atoms with Gasteiger partial charge in [-0.2, -0.15) is 0 Å². The van der Waals surface area contributed by atoms with Crippen LogP contribution in [0, 0.1) is 5.41 Å². The van der Waals surface area contributed by atoms with Crippen LogP contribution in [0.1, 0.15) is 227 Å². The molecule has 0 heterocycles. The third-order valence-corrected chi connectivity index (χ3v) is 9.52. The van der Waals surface area contributed by atoms with Gasteiger partial charge in [0.05, 0.1) is 0 Å². The molecule has 0 unspecified atom stereocenters. The van der Waals surface area contributed by atoms with Gasteiger partial charge in [0.1, 0.15) is 13.2 Å². The molecular weight excluding hydrogens is 648 g/mol. The van der Waals surface area contributed by atoms with Crippen LogP contribution in [0.2, 0.25) is 0 Å². The first-order chi connectivity index (χ1) is 25.2. The molecule has 304 valence electrons. The van der Waals surface area contributed by atoms with Crippen molar-refractivity contribution in [1.29, 1.82) is 0 Å². The number of hydrogen-bond acceptors (Lipinski definition) is 6. The summed E-state index contributed by atoms with van der Waals surface area (Å²) < 4.78 is 16.6. The Labute approximate surface area is 322 Å². The molecule has 0 aliphatic carbocycles. The van der Waals surface area contributed by atoms with Crippen LogP contribution < -0.4 is 0 Å². The Morgan fingerprint density at radius 3 is 1.15 bits per heavy atom. The first-order valence-electron chi connectivity index (χ1n) is 22.0. The maximum Gasteiger partial charge on any atom is 0.306 e. The largest absolute Gasteiger partial charge is 0.462 e. The van der Waals surface area contributed by atoms with E-state index in [-0.39, 0.29) is 36.5 Å². The Bertz CT molecular complexity index is 886. The summed E-state index contributed by atoms with van der Waals surface area (Å²) >= 11 is 0. The van der Waals surface area contributed by atoms with Crippen molar-refractivity contribution in [2.75, 3.05) is 13.2 Å². The van der Waals surface area contributed by atoms with Crippen LogP contribution in [0.4, 0.5) is 0 Å². The molecule has 0 saturated carbocycles. The van der Waals surface area contributed by atoms with Gasteiger partial charge in [0.15, 0.2) is 6.10 Å². The molecule has 0 amide bonds. The van der Waals surface area contributed by atoms with E-state index in [9.17, 15) is 14.4 Å². The second kappa shape index (κ2) is 37.2. The minimum Gasteiger partial charge on any atom is -0.462 e. The summed E-state index contributed by atoms with van der Waals surface area (Å²) in [7, 11) is 0. The lowest BCUT2D eigenvalue weighted by molar-refractivity contribution is -0.167. The Kier molecular flexibility index (Phi) is 35.7. The molecule has 0 spiro atoms. The van der Waals surface area contributed by atoms with E-state index in [2.05, 4.69) is 58.9 Å². The van der Waals surface area contributed by atoms with E-state index in [4.69, 9.17) is 14.2 Å². The zero-order valence-electron chi connectivity index (χ0n) is 35.0. The van der Waals surface area contributed by atoms with Crippen LogP contribution in [0.25, 0.3) is 0 Å². The van der Waals surface area contributed by atoms with E-state index < -0.39 is 6.10 Å². The number of allylic oxidation sites excluding steroid dienone is 4. The van der Waals surface area contributed by atoms with Gasteiger partial charge in [0.2, 0.25) is 0 Å². The highest BCUT2D eigenvalue weighted by molar-refractivity contribution is 5.71. The highest BCUT2D eigenvalue weighted by Crippen LogP contribution is 2.21. The molecule has 0 aliphatic heterocycles. The molecule has 0 saturated heterocycles. The van der Waals surface area contributed by atoms with Gasteiger partial charge in [-0.1, -0.05) is 162 Å². The highest BCUT2D eigenvalue weighted by atomic mass is 16.6. The average Bonchev–Trinajstić information content (AvgIpc) is 3.11. The molecule has 0 aromatic rings. The van der Waals surface area contributed by atoms with Gasteiger partial charge < -0.3 is 14.2 Å². The maximum absolute atomic E-state index is 12.6. The number of rotatable bonds is 37. The van der Waals surface area contributed by atoms with Crippen LogP contribution in [0.5, 0.6) is 0 Å². The molecule has 0 radical (unpaired) electrons. The van der Waals surface area contributed by atoms with E-state index in [0.717, 1.165) is 57.8 Å². The van der Waals surface area contributed by atoms with Crippen LogP contribution in [0.15, 0.2) is 24.3 Å². The topological polar surface area (TPSA) is 78.9 Å². The third kappa shape index (κ3) is 39.1. The van der Waals surface area contributed by atoms with Gasteiger partial charge in [-0.15, -0.1) is 0 Å². The fourth-order valence-corrected chi connectivity index (χ4v) is 6.03. The van der Waals surface area contributed by atoms with Crippen LogP contribution >= 0.6 is 0 Å². The summed E-state index contributed by atoms with van der Waals surface area (Å²) in [5.41, 5.74) is 0.0222. The number of ether oxygens (including phenoxy) is 3. The Morgan fingerprint density at radius 2 is 0.769 bits per heavy atom. The maximum atomic E-state index is 12.6. The van der Waals surface area contributed by atoms with Crippen LogP contribution in [-0.4, -0.2) is 37.2 Å². The Morgan fingerprint density at radius 1 is 0.442 bits per heavy atom. The molecule has 52 heavy (non-hydrogen) atoms. The SMILES string of the molecule is CCCCCCCC/C=C\CCCCCCCC(=O)OC[C@H](COC(=O)CCC(C)(C)C)OC(=O)CCCCCCC/C=C\CCCCCCCC. The summed E-state index contributed by atoms with van der Waals surface area (Å²) in [6.07, 6.45) is 41.4. The molecule has 1 atom stereocenters. The van der Waals surface area contributed by atoms with Crippen molar-refractivity contribution in [3.63, 3.8) is 0 Å². The van der Waals surface area contributed by atoms with Crippen molar-refractivity contribution < 1.29 is 28.6 Å². The molecule has 0 bridgehead atoms. The van der Waals surface area contributed by atoms with Gasteiger partial charge in [-0.05, 0) is 76.0 Å². The highest BCUT2D eigenvalue weighted by Gasteiger charge is 2.20. The smallest absolute Gasteiger partial charge is 0.306 e. The lowest BCUT2D eigenvalue weighted by atomic mass is 9.91. The van der Waals surface area contributed by atoms with Gasteiger partial charge in [-0.3, -0.25) is 14.4 Å². The molecule has 0 aliphatic rings. The first kappa shape index (κ1) is 49.9. The molecule has 6 nitrogen and oxygen atoms in total. The fourth-order valence-electron chi connectivity index (χ4n) is 6.03. The normalized spacial score (nSPS) is 12.5. The molecule has 6 heteroatoms. The molecule has 0 N–H and O–H groups in total. The van der Waals surface area contributed by atoms with E-state index in [0.29, 0.717) is 25.7 Å². The molecule has 0 fully saturated rings. The van der Waals surface area contributed by atoms with Gasteiger partial charge >= 0.3 is 17.9 Å². The summed E-state index contributed by atoms with van der Waals surface area (Å²) in [4.78, 5) is 37.4. The van der Waals surface area contributed by atoms with Gasteiger partial charge in [-0.25, -0.2) is 0 Å². The Hall–Kier alpha value is -2.11. The van der Waals surface area contributed by atoms with Crippen molar-refractivity contribution in [3.05, 3.63) is 24.3 Å². The zero-order chi connectivity index (χ0) is 38.4. The lowest BCUT2D eigenvalue weighted by Gasteiger charge is -2.20. The van der Waals surface area contributed by atoms with E-state index >= 15 is 0 Å². The van der Waals surface area contributed by atoms with E-state index in [1.807, 2.05) is 0 Å². The van der Waals surface area contributed by atoms with Crippen molar-refractivity contribution >= 4 is 17.9 Å². The van der Waals surface area contributed by atoms with Crippen molar-refractivity contribution in [2.24, 2.45) is 5.41 Å². The third-order valence-electron chi connectivity index (χ3n) is 9.52. The second-order valence-electron chi connectivity index (χ2n) is 16.2. The zero-order valence-corrected chi connectivity index (χ0v) is 35.0. The predicted octanol–water partition coefficient (Wildman–Crippen LogP) is 13.9. The minimum atomic E-state index is -0.785. The van der Waals surface area contributed by atoms with Crippen LogP contribution in [0.3, 0.4) is 0 Å². The minimum absolute atomic E-state index is 0.0222. The monoisotopic (exact) mass is 733 g/mol. The van der Waals surface area contributed by atoms with Crippen molar-refractivity contribution in [1.82, 2.24) is 0 Å². The number of hydrogen-bond donors (Lipinski definition) is 0. The summed E-state index contributed by atoms with van der Waals surface area (Å²) in [6.45, 7) is 10.6. The van der Waals surface area contributed by atoms with Gasteiger partial charge in [0.25, 0.3) is 0 Å². The van der Waals surface area contributed by atoms with E-state index in [1.165, 1.54) is 109 Å². The lowest BCUT2D eigenvalue weighted by Crippen LogP contribution is -2.31. The molecule has 0 aromatic heterocycles. The quantitative estimate of drug-likeness (QED) is 0.0274. The number of esters is 3. The second-order valence-corrected chi connectivity index (χ2v) is 16.2. The number of carbonyl (C=O) groups is 3. The number of carbonyl (C=O) groups excluding carboxylic acids is 3. The number of unbranched alkanes of at least 4 members (excludes halogenated alkanes) is 22.